The van der Waals surface area contributed by atoms with Crippen LogP contribution in [0.5, 0.6) is 0 Å². The van der Waals surface area contributed by atoms with E-state index < -0.39 is 118 Å². The number of nitrogens with zero attached hydrogens (tertiary/aromatic N) is 1. The van der Waals surface area contributed by atoms with Crippen molar-refractivity contribution in [2.45, 2.75) is 196 Å². The molecule has 354 valence electrons. The second-order valence-electron chi connectivity index (χ2n) is 21.3. The van der Waals surface area contributed by atoms with E-state index in [0.717, 1.165) is 36.6 Å². The molecule has 3 saturated carbocycles. The highest BCUT2D eigenvalue weighted by molar-refractivity contribution is 5.27. The fourth-order valence-electron chi connectivity index (χ4n) is 14.8. The van der Waals surface area contributed by atoms with Gasteiger partial charge >= 0.3 is 0 Å². The number of fused-ring (bicyclic) bond motifs is 9. The minimum absolute atomic E-state index is 0.0200. The zero-order valence-electron chi connectivity index (χ0n) is 36.5. The van der Waals surface area contributed by atoms with Gasteiger partial charge in [-0.05, 0) is 104 Å². The summed E-state index contributed by atoms with van der Waals surface area (Å²) in [7, 11) is 0. The van der Waals surface area contributed by atoms with Gasteiger partial charge in [0.25, 0.3) is 0 Å². The SMILES string of the molecule is C[C@H]1CC[C@@H]2[C@@H](C)[C@H]3[C@H](C[C@H]4[C@@H]5CC=C6C[C@@H](O[C@@H]7O[C@H](CO)[C@@H](O)[C@H](O[C@@H]8O[C@H](CO)[C@@H](O)[C@H](O)[C@H]8O)[C@H]7O[C@H]7O[C@H](CO)[C@@H](O)[C@H](O)[C@H]7O)CC[C@]6(C)[C@H]5CC[C@]34C)N2C1. The number of hydrogen-bond acceptors (Lipinski definition) is 17. The summed E-state index contributed by atoms with van der Waals surface area (Å²) in [6, 6.07) is 1.40. The van der Waals surface area contributed by atoms with Crippen LogP contribution in [-0.2, 0) is 28.4 Å². The Labute approximate surface area is 363 Å². The molecule has 5 saturated heterocycles. The van der Waals surface area contributed by atoms with Crippen molar-refractivity contribution >= 4 is 0 Å². The third-order valence-electron chi connectivity index (χ3n) is 18.1. The minimum Gasteiger partial charge on any atom is -0.394 e. The molecule has 0 amide bonds. The Hall–Kier alpha value is -0.940. The van der Waals surface area contributed by atoms with Crippen molar-refractivity contribution in [1.29, 1.82) is 0 Å². The lowest BCUT2D eigenvalue weighted by Gasteiger charge is -2.58. The molecule has 26 atom stereocenters. The van der Waals surface area contributed by atoms with Crippen LogP contribution in [0.25, 0.3) is 0 Å². The summed E-state index contributed by atoms with van der Waals surface area (Å²) in [5, 5.41) is 106. The number of aliphatic hydroxyl groups is 10. The number of piperidine rings is 1. The summed E-state index contributed by atoms with van der Waals surface area (Å²) < 4.78 is 36.6. The molecule has 17 heteroatoms. The van der Waals surface area contributed by atoms with Crippen LogP contribution in [0.4, 0.5) is 0 Å². The molecule has 0 aromatic heterocycles. The summed E-state index contributed by atoms with van der Waals surface area (Å²) in [5.74, 6) is 4.06. The molecule has 9 rings (SSSR count). The molecule has 0 radical (unpaired) electrons. The quantitative estimate of drug-likeness (QED) is 0.126. The van der Waals surface area contributed by atoms with Crippen LogP contribution < -0.4 is 0 Å². The second kappa shape index (κ2) is 17.6. The van der Waals surface area contributed by atoms with Crippen LogP contribution in [0.3, 0.4) is 0 Å². The minimum atomic E-state index is -1.86. The van der Waals surface area contributed by atoms with E-state index in [0.29, 0.717) is 42.1 Å². The molecule has 4 aliphatic carbocycles. The Balaban J connectivity index is 0.956. The molecule has 62 heavy (non-hydrogen) atoms. The van der Waals surface area contributed by atoms with Crippen molar-refractivity contribution in [2.24, 2.45) is 46.3 Å². The fourth-order valence-corrected chi connectivity index (χ4v) is 14.8. The van der Waals surface area contributed by atoms with Crippen molar-refractivity contribution < 1.29 is 79.5 Å². The summed E-state index contributed by atoms with van der Waals surface area (Å²) in [6.07, 6.45) is -12.9. The Bertz CT molecular complexity index is 1610. The molecule has 5 heterocycles. The summed E-state index contributed by atoms with van der Waals surface area (Å²) >= 11 is 0. The Morgan fingerprint density at radius 3 is 1.87 bits per heavy atom. The number of aliphatic hydroxyl groups excluding tert-OH is 10. The molecule has 0 spiro atoms. The highest BCUT2D eigenvalue weighted by Crippen LogP contribution is 2.70. The van der Waals surface area contributed by atoms with E-state index in [4.69, 9.17) is 28.4 Å². The third kappa shape index (κ3) is 7.49. The molecule has 0 unspecified atom stereocenters. The third-order valence-corrected chi connectivity index (χ3v) is 18.1. The van der Waals surface area contributed by atoms with Gasteiger partial charge in [-0.25, -0.2) is 0 Å². The van der Waals surface area contributed by atoms with Gasteiger partial charge in [-0.2, -0.15) is 0 Å². The van der Waals surface area contributed by atoms with Crippen molar-refractivity contribution in [3.8, 4) is 0 Å². The smallest absolute Gasteiger partial charge is 0.187 e. The average Bonchev–Trinajstić information content (AvgIpc) is 3.73. The fraction of sp³-hybridized carbons (Fsp3) is 0.956. The van der Waals surface area contributed by atoms with Gasteiger partial charge in [-0.15, -0.1) is 0 Å². The molecular weight excluding hydrogens is 810 g/mol. The van der Waals surface area contributed by atoms with Crippen LogP contribution in [-0.4, -0.2) is 193 Å². The Morgan fingerprint density at radius 1 is 0.645 bits per heavy atom. The number of rotatable bonds is 9. The molecule has 0 aromatic rings. The van der Waals surface area contributed by atoms with Crippen molar-refractivity contribution in [1.82, 2.24) is 4.90 Å². The molecule has 10 N–H and O–H groups in total. The van der Waals surface area contributed by atoms with Crippen LogP contribution in [0, 0.1) is 46.3 Å². The number of hydrogen-bond donors (Lipinski definition) is 10. The standard InChI is InChI=1S/C45H73NO16/c1-19-5-8-26-20(2)31-27(46(26)15-19)14-25-23-7-6-21-13-22(9-11-44(21,3)24(23)10-12-45(25,31)4)57-43-40(62-42-38(56)36(54)33(51)29(17-48)59-42)39(34(52)30(18-49)60-43)61-41-37(55)35(53)32(50)28(16-47)58-41/h6,19-20,22-43,47-56H,5,7-18H2,1-4H3/t19-,20+,22-,23+,24-,25-,26+,27-,28+,29+,30+,31-,32+,33+,34+,35-,36-,37+,38+,39-,40+,41-,42+,43+,44-,45-/m0/s1. The predicted octanol–water partition coefficient (Wildman–Crippen LogP) is -0.872. The van der Waals surface area contributed by atoms with Gasteiger partial charge in [0, 0.05) is 18.6 Å². The molecule has 5 aliphatic heterocycles. The lowest BCUT2D eigenvalue weighted by Crippen LogP contribution is -2.67. The van der Waals surface area contributed by atoms with Gasteiger partial charge in [0.2, 0.25) is 0 Å². The lowest BCUT2D eigenvalue weighted by atomic mass is 9.47. The van der Waals surface area contributed by atoms with Crippen LogP contribution in [0.2, 0.25) is 0 Å². The van der Waals surface area contributed by atoms with Crippen LogP contribution in [0.15, 0.2) is 11.6 Å². The molecule has 17 nitrogen and oxygen atoms in total. The van der Waals surface area contributed by atoms with Crippen molar-refractivity contribution in [3.05, 3.63) is 11.6 Å². The largest absolute Gasteiger partial charge is 0.394 e. The normalized spacial score (nSPS) is 56.6. The van der Waals surface area contributed by atoms with Gasteiger partial charge < -0.3 is 79.5 Å². The lowest BCUT2D eigenvalue weighted by molar-refractivity contribution is -0.395. The average molecular weight is 884 g/mol. The highest BCUT2D eigenvalue weighted by Gasteiger charge is 2.67. The van der Waals surface area contributed by atoms with E-state index in [1.807, 2.05) is 0 Å². The van der Waals surface area contributed by atoms with Gasteiger partial charge in [0.1, 0.15) is 73.2 Å². The molecule has 0 bridgehead atoms. The first-order valence-electron chi connectivity index (χ1n) is 23.5. The predicted molar refractivity (Wildman–Crippen MR) is 216 cm³/mol. The Kier molecular flexibility index (Phi) is 13.1. The number of ether oxygens (including phenoxy) is 6. The molecule has 8 fully saturated rings. The highest BCUT2D eigenvalue weighted by atomic mass is 16.8. The summed E-state index contributed by atoms with van der Waals surface area (Å²) in [4.78, 5) is 2.93. The van der Waals surface area contributed by atoms with E-state index in [-0.39, 0.29) is 5.41 Å². The van der Waals surface area contributed by atoms with E-state index in [1.165, 1.54) is 44.2 Å². The maximum Gasteiger partial charge on any atom is 0.187 e. The maximum atomic E-state index is 11.6. The van der Waals surface area contributed by atoms with Crippen molar-refractivity contribution in [2.75, 3.05) is 26.4 Å². The number of allylic oxidation sites excluding steroid dienone is 1. The molecular formula is C45H73NO16. The van der Waals surface area contributed by atoms with Crippen LogP contribution >= 0.6 is 0 Å². The zero-order chi connectivity index (χ0) is 44.2. The first kappa shape index (κ1) is 46.2. The topological polar surface area (TPSA) is 261 Å². The van der Waals surface area contributed by atoms with E-state index in [2.05, 4.69) is 38.7 Å². The first-order valence-corrected chi connectivity index (χ1v) is 23.5. The molecule has 9 aliphatic rings. The van der Waals surface area contributed by atoms with Gasteiger partial charge in [0.05, 0.1) is 25.9 Å². The Morgan fingerprint density at radius 2 is 1.24 bits per heavy atom. The van der Waals surface area contributed by atoms with Gasteiger partial charge in [-0.3, -0.25) is 4.90 Å². The van der Waals surface area contributed by atoms with E-state index in [9.17, 15) is 51.1 Å². The van der Waals surface area contributed by atoms with Crippen LogP contribution in [0.1, 0.15) is 85.5 Å². The van der Waals surface area contributed by atoms with Gasteiger partial charge in [-0.1, -0.05) is 39.3 Å². The van der Waals surface area contributed by atoms with E-state index >= 15 is 0 Å². The first-order chi connectivity index (χ1) is 29.5. The van der Waals surface area contributed by atoms with E-state index in [1.54, 1.807) is 0 Å². The molecule has 0 aromatic carbocycles. The maximum absolute atomic E-state index is 11.6. The zero-order valence-corrected chi connectivity index (χ0v) is 36.5. The van der Waals surface area contributed by atoms with Crippen molar-refractivity contribution in [3.63, 3.8) is 0 Å². The monoisotopic (exact) mass is 883 g/mol. The summed E-state index contributed by atoms with van der Waals surface area (Å²) in [5.41, 5.74) is 1.66. The van der Waals surface area contributed by atoms with Gasteiger partial charge in [0.15, 0.2) is 18.9 Å². The second-order valence-corrected chi connectivity index (χ2v) is 21.3. The summed E-state index contributed by atoms with van der Waals surface area (Å²) in [6.45, 7) is 9.07.